The van der Waals surface area contributed by atoms with E-state index in [0.717, 1.165) is 16.9 Å². The lowest BCUT2D eigenvalue weighted by Crippen LogP contribution is -2.43. The smallest absolute Gasteiger partial charge is 0.411 e. The molecule has 5 heteroatoms. The highest BCUT2D eigenvalue weighted by Crippen LogP contribution is 2.27. The Bertz CT molecular complexity index is 638. The van der Waals surface area contributed by atoms with Crippen LogP contribution in [0.25, 0.3) is 5.57 Å². The van der Waals surface area contributed by atoms with Gasteiger partial charge in [-0.1, -0.05) is 12.1 Å². The van der Waals surface area contributed by atoms with Gasteiger partial charge in [0.25, 0.3) is 0 Å². The van der Waals surface area contributed by atoms with E-state index in [-0.39, 0.29) is 12.3 Å². The Morgan fingerprint density at radius 2 is 1.74 bits per heavy atom. The van der Waals surface area contributed by atoms with E-state index < -0.39 is 11.7 Å². The molecule has 2 rings (SSSR count). The summed E-state index contributed by atoms with van der Waals surface area (Å²) in [6.07, 6.45) is -0.468. The van der Waals surface area contributed by atoms with Crippen LogP contribution in [-0.4, -0.2) is 42.6 Å². The predicted molar refractivity (Wildman–Crippen MR) is 88.4 cm³/mol. The molecule has 5 nitrogen and oxygen atoms in total. The van der Waals surface area contributed by atoms with Crippen molar-refractivity contribution in [3.8, 4) is 5.75 Å². The zero-order valence-electron chi connectivity index (χ0n) is 14.3. The molecule has 0 aromatic heterocycles. The normalized spacial score (nSPS) is 15.7. The van der Waals surface area contributed by atoms with E-state index in [9.17, 15) is 9.59 Å². The molecule has 1 aliphatic heterocycles. The van der Waals surface area contributed by atoms with Gasteiger partial charge < -0.3 is 9.47 Å². The summed E-state index contributed by atoms with van der Waals surface area (Å²) in [6, 6.07) is 7.46. The van der Waals surface area contributed by atoms with Crippen LogP contribution in [0.5, 0.6) is 5.75 Å². The number of ketones is 1. The first kappa shape index (κ1) is 17.1. The molecular formula is C18H23NO4. The Morgan fingerprint density at radius 1 is 1.13 bits per heavy atom. The van der Waals surface area contributed by atoms with Gasteiger partial charge >= 0.3 is 6.09 Å². The second-order valence-corrected chi connectivity index (χ2v) is 6.59. The fraction of sp³-hybridized carbons (Fsp3) is 0.444. The Balaban J connectivity index is 2.26. The highest BCUT2D eigenvalue weighted by molar-refractivity contribution is 6.06. The van der Waals surface area contributed by atoms with E-state index in [1.54, 1.807) is 14.0 Å². The molecule has 1 aromatic carbocycles. The Morgan fingerprint density at radius 3 is 2.26 bits per heavy atom. The average molecular weight is 317 g/mol. The summed E-state index contributed by atoms with van der Waals surface area (Å²) in [7, 11) is 1.61. The van der Waals surface area contributed by atoms with Crippen LogP contribution in [0.2, 0.25) is 0 Å². The van der Waals surface area contributed by atoms with Crippen LogP contribution in [0.3, 0.4) is 0 Å². The third kappa shape index (κ3) is 4.12. The zero-order chi connectivity index (χ0) is 17.2. The summed E-state index contributed by atoms with van der Waals surface area (Å²) < 4.78 is 10.5. The minimum atomic E-state index is -0.587. The fourth-order valence-corrected chi connectivity index (χ4v) is 2.38. The number of nitrogens with zero attached hydrogens (tertiary/aromatic N) is 1. The molecule has 0 aliphatic carbocycles. The average Bonchev–Trinajstić information content (AvgIpc) is 2.48. The second kappa shape index (κ2) is 6.44. The quantitative estimate of drug-likeness (QED) is 0.840. The number of Topliss-reactive ketones (excluding diaryl/α,β-unsaturated/α-hetero) is 1. The number of amides is 1. The number of rotatable bonds is 2. The van der Waals surface area contributed by atoms with Gasteiger partial charge in [-0.05, 0) is 56.5 Å². The molecule has 0 N–H and O–H groups in total. The van der Waals surface area contributed by atoms with Crippen molar-refractivity contribution in [2.45, 2.75) is 33.3 Å². The van der Waals surface area contributed by atoms with Crippen molar-refractivity contribution in [2.75, 3.05) is 20.2 Å². The van der Waals surface area contributed by atoms with E-state index in [2.05, 4.69) is 0 Å². The number of carbonyl (C=O) groups is 2. The maximum Gasteiger partial charge on any atom is 0.411 e. The maximum absolute atomic E-state index is 12.3. The van der Waals surface area contributed by atoms with Gasteiger partial charge in [-0.25, -0.2) is 4.79 Å². The first-order valence-corrected chi connectivity index (χ1v) is 7.56. The molecule has 0 fully saturated rings. The highest BCUT2D eigenvalue weighted by Gasteiger charge is 2.30. The third-order valence-corrected chi connectivity index (χ3v) is 3.64. The van der Waals surface area contributed by atoms with Gasteiger partial charge in [0.15, 0.2) is 5.78 Å². The van der Waals surface area contributed by atoms with E-state index in [1.165, 1.54) is 4.90 Å². The van der Waals surface area contributed by atoms with Crippen molar-refractivity contribution < 1.29 is 19.1 Å². The molecule has 0 unspecified atom stereocenters. The molecule has 0 atom stereocenters. The second-order valence-electron chi connectivity index (χ2n) is 6.59. The van der Waals surface area contributed by atoms with Gasteiger partial charge in [-0.2, -0.15) is 0 Å². The molecule has 23 heavy (non-hydrogen) atoms. The molecule has 0 radical (unpaired) electrons. The number of benzene rings is 1. The van der Waals surface area contributed by atoms with Crippen LogP contribution < -0.4 is 4.74 Å². The van der Waals surface area contributed by atoms with Crippen molar-refractivity contribution in [1.82, 2.24) is 4.90 Å². The summed E-state index contributed by atoms with van der Waals surface area (Å²) in [4.78, 5) is 25.9. The Labute approximate surface area is 136 Å². The van der Waals surface area contributed by atoms with Crippen molar-refractivity contribution >= 4 is 17.4 Å². The molecule has 124 valence electrons. The highest BCUT2D eigenvalue weighted by atomic mass is 16.6. The van der Waals surface area contributed by atoms with Crippen LogP contribution >= 0.6 is 0 Å². The van der Waals surface area contributed by atoms with Crippen LogP contribution in [0.1, 0.15) is 33.3 Å². The standard InChI is InChI=1S/C18H23NO4/c1-12-15(13-6-8-14(22-5)9-7-13)10-19(11-16(12)20)17(21)23-18(2,3)4/h6-9H,10-11H2,1-5H3. The lowest BCUT2D eigenvalue weighted by atomic mass is 9.94. The van der Waals surface area contributed by atoms with Gasteiger partial charge in [0.1, 0.15) is 11.4 Å². The largest absolute Gasteiger partial charge is 0.497 e. The van der Waals surface area contributed by atoms with Gasteiger partial charge in [0.2, 0.25) is 0 Å². The third-order valence-electron chi connectivity index (χ3n) is 3.64. The zero-order valence-corrected chi connectivity index (χ0v) is 14.3. The molecular weight excluding hydrogens is 294 g/mol. The van der Waals surface area contributed by atoms with Gasteiger partial charge in [0.05, 0.1) is 20.2 Å². The van der Waals surface area contributed by atoms with Crippen LogP contribution in [-0.2, 0) is 9.53 Å². The number of hydrogen-bond acceptors (Lipinski definition) is 4. The Hall–Kier alpha value is -2.30. The van der Waals surface area contributed by atoms with Gasteiger partial charge in [-0.3, -0.25) is 9.69 Å². The summed E-state index contributed by atoms with van der Waals surface area (Å²) in [6.45, 7) is 7.64. The van der Waals surface area contributed by atoms with E-state index in [1.807, 2.05) is 45.0 Å². The molecule has 0 saturated carbocycles. The molecule has 1 heterocycles. The van der Waals surface area contributed by atoms with Crippen molar-refractivity contribution in [3.63, 3.8) is 0 Å². The number of methoxy groups -OCH3 is 1. The number of ether oxygens (including phenoxy) is 2. The predicted octanol–water partition coefficient (Wildman–Crippen LogP) is 3.29. The summed E-state index contributed by atoms with van der Waals surface area (Å²) in [5.74, 6) is 0.686. The van der Waals surface area contributed by atoms with Crippen LogP contribution in [0, 0.1) is 0 Å². The van der Waals surface area contributed by atoms with Crippen molar-refractivity contribution in [3.05, 3.63) is 35.4 Å². The van der Waals surface area contributed by atoms with Crippen molar-refractivity contribution in [1.29, 1.82) is 0 Å². The number of carbonyl (C=O) groups excluding carboxylic acids is 2. The maximum atomic E-state index is 12.3. The first-order valence-electron chi connectivity index (χ1n) is 7.56. The molecule has 1 aromatic rings. The molecule has 0 spiro atoms. The molecule has 1 aliphatic rings. The summed E-state index contributed by atoms with van der Waals surface area (Å²) in [5.41, 5.74) is 1.85. The van der Waals surface area contributed by atoms with Crippen LogP contribution in [0.15, 0.2) is 29.8 Å². The number of hydrogen-bond donors (Lipinski definition) is 0. The van der Waals surface area contributed by atoms with E-state index in [4.69, 9.17) is 9.47 Å². The lowest BCUT2D eigenvalue weighted by Gasteiger charge is -2.31. The van der Waals surface area contributed by atoms with E-state index in [0.29, 0.717) is 12.1 Å². The van der Waals surface area contributed by atoms with Gasteiger partial charge in [0, 0.05) is 0 Å². The molecule has 0 saturated heterocycles. The molecule has 0 bridgehead atoms. The van der Waals surface area contributed by atoms with E-state index >= 15 is 0 Å². The summed E-state index contributed by atoms with van der Waals surface area (Å²) in [5, 5.41) is 0. The summed E-state index contributed by atoms with van der Waals surface area (Å²) >= 11 is 0. The van der Waals surface area contributed by atoms with Crippen LogP contribution in [0.4, 0.5) is 4.79 Å². The van der Waals surface area contributed by atoms with Crippen molar-refractivity contribution in [2.24, 2.45) is 0 Å². The first-order chi connectivity index (χ1) is 10.7. The fourth-order valence-electron chi connectivity index (χ4n) is 2.38. The SMILES string of the molecule is COc1ccc(C2=C(C)C(=O)CN(C(=O)OC(C)(C)C)C2)cc1. The topological polar surface area (TPSA) is 55.8 Å². The minimum Gasteiger partial charge on any atom is -0.497 e. The monoisotopic (exact) mass is 317 g/mol. The lowest BCUT2D eigenvalue weighted by molar-refractivity contribution is -0.117. The Kier molecular flexibility index (Phi) is 4.78. The van der Waals surface area contributed by atoms with Gasteiger partial charge in [-0.15, -0.1) is 0 Å². The molecule has 1 amide bonds. The minimum absolute atomic E-state index is 0.0560.